The van der Waals surface area contributed by atoms with Crippen molar-refractivity contribution in [3.8, 4) is 5.75 Å². The Bertz CT molecular complexity index is 490. The molecular weight excluding hydrogens is 214 g/mol. The van der Waals surface area contributed by atoms with Crippen LogP contribution in [0.25, 0.3) is 0 Å². The standard InChI is InChI=1S/C14H17NO2/c1-3-16-12-7-5-4-6-11(12)14(15)13-9-8-10(2)17-13/h4-9,14H,3,15H2,1-2H3. The number of furan rings is 1. The Kier molecular flexibility index (Phi) is 3.49. The summed E-state index contributed by atoms with van der Waals surface area (Å²) in [5.74, 6) is 2.44. The Hall–Kier alpha value is -1.74. The summed E-state index contributed by atoms with van der Waals surface area (Å²) in [6.07, 6.45) is 0. The molecule has 1 atom stereocenters. The molecule has 0 aliphatic heterocycles. The van der Waals surface area contributed by atoms with E-state index in [9.17, 15) is 0 Å². The zero-order valence-corrected chi connectivity index (χ0v) is 10.1. The largest absolute Gasteiger partial charge is 0.494 e. The summed E-state index contributed by atoms with van der Waals surface area (Å²) in [5, 5.41) is 0. The average molecular weight is 231 g/mol. The van der Waals surface area contributed by atoms with Crippen LogP contribution in [0.4, 0.5) is 0 Å². The van der Waals surface area contributed by atoms with E-state index in [4.69, 9.17) is 14.9 Å². The van der Waals surface area contributed by atoms with Crippen LogP contribution in [0.1, 0.15) is 30.0 Å². The van der Waals surface area contributed by atoms with Gasteiger partial charge in [-0.1, -0.05) is 18.2 Å². The lowest BCUT2D eigenvalue weighted by molar-refractivity contribution is 0.333. The molecule has 17 heavy (non-hydrogen) atoms. The van der Waals surface area contributed by atoms with Gasteiger partial charge in [0.05, 0.1) is 12.6 Å². The first-order valence-electron chi connectivity index (χ1n) is 5.76. The summed E-state index contributed by atoms with van der Waals surface area (Å²) >= 11 is 0. The van der Waals surface area contributed by atoms with Gasteiger partial charge in [0.15, 0.2) is 0 Å². The highest BCUT2D eigenvalue weighted by atomic mass is 16.5. The van der Waals surface area contributed by atoms with E-state index >= 15 is 0 Å². The third-order valence-corrected chi connectivity index (χ3v) is 2.62. The van der Waals surface area contributed by atoms with Gasteiger partial charge in [-0.25, -0.2) is 0 Å². The molecule has 2 rings (SSSR count). The van der Waals surface area contributed by atoms with Crippen LogP contribution in [0.2, 0.25) is 0 Å². The van der Waals surface area contributed by atoms with Gasteiger partial charge in [-0.15, -0.1) is 0 Å². The highest BCUT2D eigenvalue weighted by Gasteiger charge is 2.16. The molecule has 0 spiro atoms. The van der Waals surface area contributed by atoms with Gasteiger partial charge < -0.3 is 14.9 Å². The van der Waals surface area contributed by atoms with E-state index < -0.39 is 0 Å². The van der Waals surface area contributed by atoms with E-state index in [0.717, 1.165) is 22.8 Å². The Morgan fingerprint density at radius 3 is 2.65 bits per heavy atom. The lowest BCUT2D eigenvalue weighted by Gasteiger charge is -2.14. The maximum Gasteiger partial charge on any atom is 0.125 e. The van der Waals surface area contributed by atoms with Crippen LogP contribution < -0.4 is 10.5 Å². The smallest absolute Gasteiger partial charge is 0.125 e. The Morgan fingerprint density at radius 1 is 1.24 bits per heavy atom. The molecule has 3 nitrogen and oxygen atoms in total. The highest BCUT2D eigenvalue weighted by Crippen LogP contribution is 2.29. The van der Waals surface area contributed by atoms with E-state index in [1.54, 1.807) is 0 Å². The van der Waals surface area contributed by atoms with Gasteiger partial charge >= 0.3 is 0 Å². The molecule has 0 aliphatic rings. The van der Waals surface area contributed by atoms with Crippen molar-refractivity contribution in [2.24, 2.45) is 5.73 Å². The number of aryl methyl sites for hydroxylation is 1. The van der Waals surface area contributed by atoms with Gasteiger partial charge in [-0.3, -0.25) is 0 Å². The fraction of sp³-hybridized carbons (Fsp3) is 0.286. The Labute approximate surface area is 101 Å². The quantitative estimate of drug-likeness (QED) is 0.879. The van der Waals surface area contributed by atoms with Crippen molar-refractivity contribution in [2.45, 2.75) is 19.9 Å². The predicted molar refractivity (Wildman–Crippen MR) is 67.1 cm³/mol. The minimum Gasteiger partial charge on any atom is -0.494 e. The molecule has 0 aliphatic carbocycles. The molecule has 0 fully saturated rings. The molecular formula is C14H17NO2. The number of rotatable bonds is 4. The molecule has 0 amide bonds. The molecule has 0 bridgehead atoms. The normalized spacial score (nSPS) is 12.4. The van der Waals surface area contributed by atoms with Gasteiger partial charge in [0.2, 0.25) is 0 Å². The van der Waals surface area contributed by atoms with Gasteiger partial charge in [-0.05, 0) is 32.0 Å². The van der Waals surface area contributed by atoms with Crippen LogP contribution >= 0.6 is 0 Å². The van der Waals surface area contributed by atoms with Crippen molar-refractivity contribution < 1.29 is 9.15 Å². The van der Waals surface area contributed by atoms with Crippen molar-refractivity contribution in [1.82, 2.24) is 0 Å². The first-order valence-corrected chi connectivity index (χ1v) is 5.76. The van der Waals surface area contributed by atoms with Crippen molar-refractivity contribution in [3.05, 3.63) is 53.5 Å². The molecule has 0 radical (unpaired) electrons. The number of hydrogen-bond donors (Lipinski definition) is 1. The van der Waals surface area contributed by atoms with Gasteiger partial charge in [0, 0.05) is 5.56 Å². The molecule has 0 saturated carbocycles. The summed E-state index contributed by atoms with van der Waals surface area (Å²) in [5.41, 5.74) is 7.13. The van der Waals surface area contributed by atoms with E-state index in [1.807, 2.05) is 50.2 Å². The van der Waals surface area contributed by atoms with Gasteiger partial charge in [0.1, 0.15) is 17.3 Å². The van der Waals surface area contributed by atoms with Gasteiger partial charge in [-0.2, -0.15) is 0 Å². The molecule has 1 heterocycles. The molecule has 90 valence electrons. The molecule has 1 aromatic heterocycles. The summed E-state index contributed by atoms with van der Waals surface area (Å²) in [4.78, 5) is 0. The first-order chi connectivity index (χ1) is 8.22. The number of para-hydroxylation sites is 1. The third-order valence-electron chi connectivity index (χ3n) is 2.62. The monoisotopic (exact) mass is 231 g/mol. The zero-order valence-electron chi connectivity index (χ0n) is 10.1. The van der Waals surface area contributed by atoms with Crippen molar-refractivity contribution in [2.75, 3.05) is 6.61 Å². The number of ether oxygens (including phenoxy) is 1. The van der Waals surface area contributed by atoms with Crippen LogP contribution in [0, 0.1) is 6.92 Å². The van der Waals surface area contributed by atoms with Crippen LogP contribution in [-0.2, 0) is 0 Å². The SMILES string of the molecule is CCOc1ccccc1C(N)c1ccc(C)o1. The van der Waals surface area contributed by atoms with Crippen LogP contribution in [0.15, 0.2) is 40.8 Å². The molecule has 3 heteroatoms. The van der Waals surface area contributed by atoms with Crippen molar-refractivity contribution in [3.63, 3.8) is 0 Å². The zero-order chi connectivity index (χ0) is 12.3. The maximum absolute atomic E-state index is 6.19. The second kappa shape index (κ2) is 5.06. The molecule has 1 aromatic carbocycles. The fourth-order valence-corrected chi connectivity index (χ4v) is 1.80. The maximum atomic E-state index is 6.19. The van der Waals surface area contributed by atoms with E-state index in [-0.39, 0.29) is 6.04 Å². The fourth-order valence-electron chi connectivity index (χ4n) is 1.80. The lowest BCUT2D eigenvalue weighted by Crippen LogP contribution is -2.12. The lowest BCUT2D eigenvalue weighted by atomic mass is 10.0. The second-order valence-electron chi connectivity index (χ2n) is 3.90. The Morgan fingerprint density at radius 2 is 2.00 bits per heavy atom. The number of benzene rings is 1. The summed E-state index contributed by atoms with van der Waals surface area (Å²) in [7, 11) is 0. The molecule has 0 saturated heterocycles. The average Bonchev–Trinajstić information content (AvgIpc) is 2.76. The molecule has 1 unspecified atom stereocenters. The topological polar surface area (TPSA) is 48.4 Å². The van der Waals surface area contributed by atoms with E-state index in [0.29, 0.717) is 6.61 Å². The van der Waals surface area contributed by atoms with E-state index in [2.05, 4.69) is 0 Å². The third kappa shape index (κ3) is 2.50. The van der Waals surface area contributed by atoms with Crippen molar-refractivity contribution >= 4 is 0 Å². The Balaban J connectivity index is 2.33. The second-order valence-corrected chi connectivity index (χ2v) is 3.90. The minimum atomic E-state index is -0.286. The summed E-state index contributed by atoms with van der Waals surface area (Å²) in [6, 6.07) is 11.3. The van der Waals surface area contributed by atoms with Gasteiger partial charge in [0.25, 0.3) is 0 Å². The van der Waals surface area contributed by atoms with Crippen molar-refractivity contribution in [1.29, 1.82) is 0 Å². The molecule has 2 aromatic rings. The highest BCUT2D eigenvalue weighted by molar-refractivity contribution is 5.39. The number of nitrogens with two attached hydrogens (primary N) is 1. The van der Waals surface area contributed by atoms with Crippen LogP contribution in [-0.4, -0.2) is 6.61 Å². The predicted octanol–water partition coefficient (Wildman–Crippen LogP) is 3.03. The molecule has 2 N–H and O–H groups in total. The van der Waals surface area contributed by atoms with E-state index in [1.165, 1.54) is 0 Å². The number of hydrogen-bond acceptors (Lipinski definition) is 3. The van der Waals surface area contributed by atoms with Crippen LogP contribution in [0.3, 0.4) is 0 Å². The first kappa shape index (κ1) is 11.7. The van der Waals surface area contributed by atoms with Crippen LogP contribution in [0.5, 0.6) is 5.75 Å². The summed E-state index contributed by atoms with van der Waals surface area (Å²) < 4.78 is 11.1. The minimum absolute atomic E-state index is 0.286. The summed E-state index contributed by atoms with van der Waals surface area (Å²) in [6.45, 7) is 4.49.